The van der Waals surface area contributed by atoms with Gasteiger partial charge in [0.05, 0.1) is 4.90 Å². The number of aryl methyl sites for hydroxylation is 1. The van der Waals surface area contributed by atoms with E-state index in [9.17, 15) is 13.2 Å². The largest absolute Gasteiger partial charge is 0.424 e. The Morgan fingerprint density at radius 3 is 2.23 bits per heavy atom. The lowest BCUT2D eigenvalue weighted by molar-refractivity contribution is 0.102. The number of benzene rings is 2. The van der Waals surface area contributed by atoms with Crippen LogP contribution in [0.2, 0.25) is 0 Å². The van der Waals surface area contributed by atoms with Crippen LogP contribution in [0.4, 0.5) is 5.69 Å². The van der Waals surface area contributed by atoms with Gasteiger partial charge in [0.2, 0.25) is 10.0 Å². The molecule has 0 unspecified atom stereocenters. The molecule has 3 aromatic rings. The molecule has 1 amide bonds. The number of hydrogen-bond donors (Lipinski definition) is 2. The van der Waals surface area contributed by atoms with Crippen LogP contribution < -0.4 is 14.8 Å². The molecular weight excluding hydrogens is 416 g/mol. The highest BCUT2D eigenvalue weighted by molar-refractivity contribution is 7.89. The average molecular weight is 441 g/mol. The smallest absolute Gasteiger partial charge is 0.321 e. The Hall–Kier alpha value is -3.30. The van der Waals surface area contributed by atoms with E-state index in [4.69, 9.17) is 4.74 Å². The summed E-state index contributed by atoms with van der Waals surface area (Å²) in [7, 11) is -3.66. The highest BCUT2D eigenvalue weighted by atomic mass is 32.2. The van der Waals surface area contributed by atoms with Crippen LogP contribution in [0.25, 0.3) is 0 Å². The normalized spacial score (nSPS) is 11.7. The lowest BCUT2D eigenvalue weighted by atomic mass is 10.1. The summed E-state index contributed by atoms with van der Waals surface area (Å²) in [5.74, 6) is 0.193. The molecule has 0 saturated heterocycles. The Kier molecular flexibility index (Phi) is 6.37. The Labute approximate surface area is 181 Å². The maximum absolute atomic E-state index is 12.6. The van der Waals surface area contributed by atoms with Gasteiger partial charge in [0, 0.05) is 29.2 Å². The van der Waals surface area contributed by atoms with Crippen molar-refractivity contribution in [3.8, 4) is 11.8 Å². The van der Waals surface area contributed by atoms with Gasteiger partial charge in [-0.25, -0.2) is 23.1 Å². The van der Waals surface area contributed by atoms with Gasteiger partial charge in [-0.3, -0.25) is 4.79 Å². The number of nitrogens with zero attached hydrogens (tertiary/aromatic N) is 2. The molecule has 0 bridgehead atoms. The fourth-order valence-corrected chi connectivity index (χ4v) is 4.14. The van der Waals surface area contributed by atoms with Crippen LogP contribution in [-0.4, -0.2) is 29.8 Å². The van der Waals surface area contributed by atoms with Crippen molar-refractivity contribution in [2.24, 2.45) is 0 Å². The van der Waals surface area contributed by atoms with Crippen molar-refractivity contribution >= 4 is 21.6 Å². The molecule has 0 radical (unpaired) electrons. The Morgan fingerprint density at radius 1 is 1.00 bits per heavy atom. The number of sulfonamides is 1. The molecule has 162 valence electrons. The molecule has 31 heavy (non-hydrogen) atoms. The number of anilines is 1. The monoisotopic (exact) mass is 440 g/mol. The maximum Gasteiger partial charge on any atom is 0.321 e. The Morgan fingerprint density at radius 2 is 1.65 bits per heavy atom. The third-order valence-corrected chi connectivity index (χ3v) is 5.84. The molecule has 9 heteroatoms. The van der Waals surface area contributed by atoms with Gasteiger partial charge in [0.15, 0.2) is 0 Å². The fraction of sp³-hybridized carbons (Fsp3) is 0.227. The molecule has 1 aromatic heterocycles. The minimum Gasteiger partial charge on any atom is -0.424 e. The van der Waals surface area contributed by atoms with E-state index in [-0.39, 0.29) is 16.8 Å². The van der Waals surface area contributed by atoms with E-state index in [0.29, 0.717) is 17.0 Å². The number of hydrogen-bond acceptors (Lipinski definition) is 6. The number of nitrogens with one attached hydrogen (secondary N) is 2. The van der Waals surface area contributed by atoms with Crippen molar-refractivity contribution < 1.29 is 17.9 Å². The van der Waals surface area contributed by atoms with Crippen LogP contribution in [-0.2, 0) is 10.0 Å². The van der Waals surface area contributed by atoms with Crippen molar-refractivity contribution in [3.05, 3.63) is 72.1 Å². The Bertz CT molecular complexity index is 1170. The average Bonchev–Trinajstić information content (AvgIpc) is 2.69. The van der Waals surface area contributed by atoms with Crippen LogP contribution in [0.3, 0.4) is 0 Å². The quantitative estimate of drug-likeness (QED) is 0.601. The first kappa shape index (κ1) is 22.4. The van der Waals surface area contributed by atoms with E-state index in [0.717, 1.165) is 5.56 Å². The second-order valence-electron chi connectivity index (χ2n) is 7.94. The molecule has 3 rings (SSSR count). The van der Waals surface area contributed by atoms with Crippen molar-refractivity contribution in [3.63, 3.8) is 0 Å². The van der Waals surface area contributed by atoms with Gasteiger partial charge in [-0.1, -0.05) is 0 Å². The topological polar surface area (TPSA) is 110 Å². The van der Waals surface area contributed by atoms with Crippen molar-refractivity contribution in [1.82, 2.24) is 14.7 Å². The molecule has 0 saturated carbocycles. The van der Waals surface area contributed by atoms with E-state index < -0.39 is 15.6 Å². The molecule has 1 heterocycles. The molecule has 0 aliphatic heterocycles. The predicted octanol–water partition coefficient (Wildman–Crippen LogP) is 3.91. The predicted molar refractivity (Wildman–Crippen MR) is 118 cm³/mol. The number of carbonyl (C=O) groups excluding carboxylic acids is 1. The highest BCUT2D eigenvalue weighted by Crippen LogP contribution is 2.25. The van der Waals surface area contributed by atoms with Gasteiger partial charge in [-0.15, -0.1) is 0 Å². The van der Waals surface area contributed by atoms with Gasteiger partial charge in [-0.2, -0.15) is 0 Å². The molecule has 0 fully saturated rings. The molecule has 2 N–H and O–H groups in total. The minimum atomic E-state index is -3.66. The lowest BCUT2D eigenvalue weighted by Gasteiger charge is -2.20. The fourth-order valence-electron chi connectivity index (χ4n) is 2.73. The van der Waals surface area contributed by atoms with E-state index in [1.165, 1.54) is 24.3 Å². The third kappa shape index (κ3) is 6.09. The van der Waals surface area contributed by atoms with Crippen molar-refractivity contribution in [1.29, 1.82) is 0 Å². The van der Waals surface area contributed by atoms with Gasteiger partial charge in [0.25, 0.3) is 5.91 Å². The molecule has 0 aliphatic rings. The first-order valence-corrected chi connectivity index (χ1v) is 11.0. The first-order chi connectivity index (χ1) is 14.5. The van der Waals surface area contributed by atoms with E-state index >= 15 is 0 Å². The summed E-state index contributed by atoms with van der Waals surface area (Å²) in [4.78, 5) is 20.7. The summed E-state index contributed by atoms with van der Waals surface area (Å²) in [6, 6.07) is 12.9. The number of aromatic nitrogens is 2. The third-order valence-electron chi connectivity index (χ3n) is 4.06. The zero-order valence-electron chi connectivity index (χ0n) is 17.7. The minimum absolute atomic E-state index is 0.0970. The van der Waals surface area contributed by atoms with E-state index in [1.54, 1.807) is 57.4 Å². The standard InChI is InChI=1S/C22H24N4O4S/c1-15-14-17(30-21-23-12-5-13-24-21)8-11-19(15)25-20(27)16-6-9-18(10-7-16)31(28,29)26-22(2,3)4/h5-14,26H,1-4H3,(H,25,27). The molecular formula is C22H24N4O4S. The summed E-state index contributed by atoms with van der Waals surface area (Å²) in [6.07, 6.45) is 3.17. The van der Waals surface area contributed by atoms with E-state index in [1.807, 2.05) is 6.92 Å². The van der Waals surface area contributed by atoms with Crippen LogP contribution in [0.15, 0.2) is 65.8 Å². The van der Waals surface area contributed by atoms with Crippen LogP contribution >= 0.6 is 0 Å². The van der Waals surface area contributed by atoms with Gasteiger partial charge < -0.3 is 10.1 Å². The zero-order chi connectivity index (χ0) is 22.6. The SMILES string of the molecule is Cc1cc(Oc2ncccn2)ccc1NC(=O)c1ccc(S(=O)(=O)NC(C)(C)C)cc1. The van der Waals surface area contributed by atoms with Crippen LogP contribution in [0.1, 0.15) is 36.7 Å². The highest BCUT2D eigenvalue weighted by Gasteiger charge is 2.22. The Balaban J connectivity index is 1.70. The van der Waals surface area contributed by atoms with Gasteiger partial charge in [0.1, 0.15) is 5.75 Å². The van der Waals surface area contributed by atoms with Crippen LogP contribution in [0, 0.1) is 6.92 Å². The van der Waals surface area contributed by atoms with E-state index in [2.05, 4.69) is 20.0 Å². The van der Waals surface area contributed by atoms with Gasteiger partial charge >= 0.3 is 6.01 Å². The first-order valence-electron chi connectivity index (χ1n) is 9.54. The number of amides is 1. The molecule has 0 spiro atoms. The summed E-state index contributed by atoms with van der Waals surface area (Å²) >= 11 is 0. The number of carbonyl (C=O) groups is 1. The number of ether oxygens (including phenoxy) is 1. The van der Waals surface area contributed by atoms with Gasteiger partial charge in [-0.05, 0) is 81.8 Å². The summed E-state index contributed by atoms with van der Waals surface area (Å²) < 4.78 is 33.0. The molecule has 2 aromatic carbocycles. The van der Waals surface area contributed by atoms with Crippen LogP contribution in [0.5, 0.6) is 11.8 Å². The second kappa shape index (κ2) is 8.83. The maximum atomic E-state index is 12.6. The molecule has 0 atom stereocenters. The lowest BCUT2D eigenvalue weighted by Crippen LogP contribution is -2.40. The zero-order valence-corrected chi connectivity index (χ0v) is 18.5. The number of rotatable bonds is 6. The van der Waals surface area contributed by atoms with Crippen molar-refractivity contribution in [2.45, 2.75) is 38.1 Å². The summed E-state index contributed by atoms with van der Waals surface area (Å²) in [5.41, 5.74) is 1.13. The second-order valence-corrected chi connectivity index (χ2v) is 9.63. The molecule has 8 nitrogen and oxygen atoms in total. The summed E-state index contributed by atoms with van der Waals surface area (Å²) in [6.45, 7) is 7.12. The molecule has 0 aliphatic carbocycles. The van der Waals surface area contributed by atoms with Crippen molar-refractivity contribution in [2.75, 3.05) is 5.32 Å². The summed E-state index contributed by atoms with van der Waals surface area (Å²) in [5, 5.41) is 2.82.